The van der Waals surface area contributed by atoms with Gasteiger partial charge in [-0.25, -0.2) is 9.78 Å². The zero-order valence-corrected chi connectivity index (χ0v) is 18.2. The zero-order chi connectivity index (χ0) is 23.3. The lowest BCUT2D eigenvalue weighted by molar-refractivity contribution is -0.137. The standard InChI is InChI=1S/C22H21F3N2O4S/c1-30-17-7-6-15(19(9-17)31-2)11-27(12-20-26-18(13-32-20)21(28)29)10-14-4-3-5-16(8-14)22(23,24)25/h3-9,13H,10-12H2,1-2H3,(H,28,29). The molecule has 170 valence electrons. The molecular weight excluding hydrogens is 445 g/mol. The number of carboxylic acids is 1. The Morgan fingerprint density at radius 3 is 2.50 bits per heavy atom. The Kier molecular flexibility index (Phi) is 7.37. The van der Waals surface area contributed by atoms with Gasteiger partial charge in [0.2, 0.25) is 0 Å². The van der Waals surface area contributed by atoms with Crippen LogP contribution in [0.2, 0.25) is 0 Å². The quantitative estimate of drug-likeness (QED) is 0.474. The van der Waals surface area contributed by atoms with Crippen LogP contribution in [0.15, 0.2) is 47.8 Å². The maximum absolute atomic E-state index is 13.1. The molecule has 6 nitrogen and oxygen atoms in total. The monoisotopic (exact) mass is 466 g/mol. The SMILES string of the molecule is COc1ccc(CN(Cc2cccc(C(F)(F)F)c2)Cc2nc(C(=O)O)cs2)c(OC)c1. The van der Waals surface area contributed by atoms with E-state index in [0.29, 0.717) is 28.6 Å². The molecule has 0 atom stereocenters. The summed E-state index contributed by atoms with van der Waals surface area (Å²) in [6.45, 7) is 0.788. The maximum Gasteiger partial charge on any atom is 0.416 e. The number of ether oxygens (including phenoxy) is 2. The number of hydrogen-bond acceptors (Lipinski definition) is 6. The van der Waals surface area contributed by atoms with Crippen LogP contribution in [0, 0.1) is 0 Å². The molecular formula is C22H21F3N2O4S. The first-order chi connectivity index (χ1) is 15.2. The van der Waals surface area contributed by atoms with E-state index in [1.54, 1.807) is 18.2 Å². The lowest BCUT2D eigenvalue weighted by Gasteiger charge is -2.23. The second-order valence-corrected chi connectivity index (χ2v) is 7.90. The Balaban J connectivity index is 1.90. The smallest absolute Gasteiger partial charge is 0.416 e. The predicted octanol–water partition coefficient (Wildman–Crippen LogP) is 5.08. The number of thiazole rings is 1. The van der Waals surface area contributed by atoms with Gasteiger partial charge in [-0.2, -0.15) is 13.2 Å². The van der Waals surface area contributed by atoms with E-state index in [0.717, 1.165) is 17.7 Å². The van der Waals surface area contributed by atoms with Gasteiger partial charge in [-0.1, -0.05) is 24.3 Å². The molecule has 0 radical (unpaired) electrons. The lowest BCUT2D eigenvalue weighted by Crippen LogP contribution is -2.23. The number of hydrogen-bond donors (Lipinski definition) is 1. The minimum absolute atomic E-state index is 0.0638. The van der Waals surface area contributed by atoms with Crippen LogP contribution in [0.5, 0.6) is 11.5 Å². The van der Waals surface area contributed by atoms with Gasteiger partial charge < -0.3 is 14.6 Å². The Morgan fingerprint density at radius 2 is 1.88 bits per heavy atom. The number of nitrogens with zero attached hydrogens (tertiary/aromatic N) is 2. The van der Waals surface area contributed by atoms with Gasteiger partial charge in [0.1, 0.15) is 16.5 Å². The number of benzene rings is 2. The summed E-state index contributed by atoms with van der Waals surface area (Å²) >= 11 is 1.19. The minimum Gasteiger partial charge on any atom is -0.497 e. The van der Waals surface area contributed by atoms with E-state index >= 15 is 0 Å². The van der Waals surface area contributed by atoms with Crippen LogP contribution in [-0.2, 0) is 25.8 Å². The molecule has 0 saturated carbocycles. The summed E-state index contributed by atoms with van der Waals surface area (Å²) in [4.78, 5) is 17.1. The van der Waals surface area contributed by atoms with Crippen LogP contribution in [0.3, 0.4) is 0 Å². The number of aromatic carboxylic acids is 1. The second kappa shape index (κ2) is 10.0. The van der Waals surface area contributed by atoms with E-state index in [4.69, 9.17) is 14.6 Å². The molecule has 0 amide bonds. The van der Waals surface area contributed by atoms with Crippen molar-refractivity contribution in [2.45, 2.75) is 25.8 Å². The first kappa shape index (κ1) is 23.6. The summed E-state index contributed by atoms with van der Waals surface area (Å²) in [6.07, 6.45) is -4.44. The summed E-state index contributed by atoms with van der Waals surface area (Å²) in [5.74, 6) is 0.0542. The molecule has 0 fully saturated rings. The molecule has 0 bridgehead atoms. The Morgan fingerprint density at radius 1 is 1.09 bits per heavy atom. The molecule has 10 heteroatoms. The lowest BCUT2D eigenvalue weighted by atomic mass is 10.1. The summed E-state index contributed by atoms with van der Waals surface area (Å²) in [5.41, 5.74) is 0.489. The van der Waals surface area contributed by atoms with Crippen molar-refractivity contribution in [3.05, 3.63) is 75.2 Å². The summed E-state index contributed by atoms with van der Waals surface area (Å²) in [5, 5.41) is 11.1. The van der Waals surface area contributed by atoms with Crippen LogP contribution >= 0.6 is 11.3 Å². The number of alkyl halides is 3. The molecule has 0 aliphatic heterocycles. The fourth-order valence-corrected chi connectivity index (χ4v) is 3.98. The molecule has 0 aliphatic carbocycles. The van der Waals surface area contributed by atoms with Crippen LogP contribution in [0.4, 0.5) is 13.2 Å². The zero-order valence-electron chi connectivity index (χ0n) is 17.3. The second-order valence-electron chi connectivity index (χ2n) is 6.95. The molecule has 1 heterocycles. The Hall–Kier alpha value is -3.11. The van der Waals surface area contributed by atoms with Crippen LogP contribution in [0.25, 0.3) is 0 Å². The normalized spacial score (nSPS) is 11.6. The van der Waals surface area contributed by atoms with Gasteiger partial charge in [0.05, 0.1) is 26.3 Å². The molecule has 3 rings (SSSR count). The molecule has 1 N–H and O–H groups in total. The third-order valence-corrected chi connectivity index (χ3v) is 5.51. The van der Waals surface area contributed by atoms with Gasteiger partial charge in [-0.3, -0.25) is 4.90 Å². The van der Waals surface area contributed by atoms with Crippen molar-refractivity contribution < 1.29 is 32.5 Å². The molecule has 0 aliphatic rings. The van der Waals surface area contributed by atoms with Crippen molar-refractivity contribution in [3.8, 4) is 11.5 Å². The predicted molar refractivity (Wildman–Crippen MR) is 113 cm³/mol. The van der Waals surface area contributed by atoms with Crippen LogP contribution in [0.1, 0.15) is 32.2 Å². The maximum atomic E-state index is 13.1. The van der Waals surface area contributed by atoms with Crippen molar-refractivity contribution in [2.24, 2.45) is 0 Å². The molecule has 0 saturated heterocycles. The van der Waals surface area contributed by atoms with E-state index in [9.17, 15) is 18.0 Å². The first-order valence-electron chi connectivity index (χ1n) is 9.46. The van der Waals surface area contributed by atoms with Gasteiger partial charge in [0.15, 0.2) is 5.69 Å². The summed E-state index contributed by atoms with van der Waals surface area (Å²) < 4.78 is 50.1. The van der Waals surface area contributed by atoms with E-state index in [1.807, 2.05) is 11.0 Å². The highest BCUT2D eigenvalue weighted by molar-refractivity contribution is 7.09. The van der Waals surface area contributed by atoms with Crippen molar-refractivity contribution in [2.75, 3.05) is 14.2 Å². The van der Waals surface area contributed by atoms with Gasteiger partial charge in [-0.15, -0.1) is 11.3 Å². The van der Waals surface area contributed by atoms with E-state index in [2.05, 4.69) is 4.98 Å². The number of rotatable bonds is 9. The molecule has 0 unspecified atom stereocenters. The highest BCUT2D eigenvalue weighted by Crippen LogP contribution is 2.31. The Bertz CT molecular complexity index is 1090. The summed E-state index contributed by atoms with van der Waals surface area (Å²) in [6, 6.07) is 10.5. The molecule has 32 heavy (non-hydrogen) atoms. The molecule has 1 aromatic heterocycles. The van der Waals surface area contributed by atoms with Gasteiger partial charge in [0, 0.05) is 30.1 Å². The highest BCUT2D eigenvalue weighted by atomic mass is 32.1. The average molecular weight is 466 g/mol. The average Bonchev–Trinajstić information content (AvgIpc) is 3.22. The number of carboxylic acid groups (broad SMARTS) is 1. The molecule has 3 aromatic rings. The van der Waals surface area contributed by atoms with E-state index in [1.165, 1.54) is 37.0 Å². The van der Waals surface area contributed by atoms with Crippen LogP contribution in [-0.4, -0.2) is 35.2 Å². The van der Waals surface area contributed by atoms with Gasteiger partial charge in [-0.05, 0) is 17.7 Å². The number of aromatic nitrogens is 1. The molecule has 2 aromatic carbocycles. The largest absolute Gasteiger partial charge is 0.497 e. The summed E-state index contributed by atoms with van der Waals surface area (Å²) in [7, 11) is 3.06. The fraction of sp³-hybridized carbons (Fsp3) is 0.273. The third-order valence-electron chi connectivity index (χ3n) is 4.68. The topological polar surface area (TPSA) is 71.9 Å². The van der Waals surface area contributed by atoms with E-state index in [-0.39, 0.29) is 18.8 Å². The molecule has 0 spiro atoms. The number of methoxy groups -OCH3 is 2. The Labute approximate surface area is 186 Å². The van der Waals surface area contributed by atoms with Gasteiger partial charge >= 0.3 is 12.1 Å². The van der Waals surface area contributed by atoms with Crippen LogP contribution < -0.4 is 9.47 Å². The van der Waals surface area contributed by atoms with Crippen molar-refractivity contribution in [1.82, 2.24) is 9.88 Å². The first-order valence-corrected chi connectivity index (χ1v) is 10.3. The van der Waals surface area contributed by atoms with Gasteiger partial charge in [0.25, 0.3) is 0 Å². The fourth-order valence-electron chi connectivity index (χ4n) is 3.17. The van der Waals surface area contributed by atoms with E-state index < -0.39 is 17.7 Å². The van der Waals surface area contributed by atoms with Crippen molar-refractivity contribution in [3.63, 3.8) is 0 Å². The number of halogens is 3. The third kappa shape index (κ3) is 5.98. The highest BCUT2D eigenvalue weighted by Gasteiger charge is 2.30. The van der Waals surface area contributed by atoms with Crippen molar-refractivity contribution in [1.29, 1.82) is 0 Å². The number of carbonyl (C=O) groups is 1. The van der Waals surface area contributed by atoms with Crippen molar-refractivity contribution >= 4 is 17.3 Å². The minimum atomic E-state index is -4.44.